The van der Waals surface area contributed by atoms with Gasteiger partial charge in [-0.2, -0.15) is 0 Å². The first kappa shape index (κ1) is 15.3. The second kappa shape index (κ2) is 5.75. The van der Waals surface area contributed by atoms with Gasteiger partial charge in [-0.1, -0.05) is 22.0 Å². The second-order valence-electron chi connectivity index (χ2n) is 4.25. The van der Waals surface area contributed by atoms with Crippen LogP contribution in [-0.4, -0.2) is 8.42 Å². The Morgan fingerprint density at radius 1 is 1.10 bits per heavy atom. The fourth-order valence-corrected chi connectivity index (χ4v) is 4.51. The van der Waals surface area contributed by atoms with Gasteiger partial charge < -0.3 is 5.73 Å². The lowest BCUT2D eigenvalue weighted by atomic mass is 10.2. The van der Waals surface area contributed by atoms with E-state index >= 15 is 0 Å². The van der Waals surface area contributed by atoms with E-state index in [1.807, 2.05) is 6.92 Å². The number of hydrogen-bond donors (Lipinski definition) is 2. The molecule has 0 spiro atoms. The van der Waals surface area contributed by atoms with Crippen molar-refractivity contribution in [1.29, 1.82) is 0 Å². The Morgan fingerprint density at radius 3 is 2.45 bits per heavy atom. The Balaban J connectivity index is 2.43. The summed E-state index contributed by atoms with van der Waals surface area (Å²) in [6.07, 6.45) is 0. The summed E-state index contributed by atoms with van der Waals surface area (Å²) in [4.78, 5) is 0.169. The smallest absolute Gasteiger partial charge is 0.263 e. The van der Waals surface area contributed by atoms with E-state index in [9.17, 15) is 8.42 Å². The number of hydrogen-bond acceptors (Lipinski definition) is 3. The van der Waals surface area contributed by atoms with E-state index in [-0.39, 0.29) is 4.90 Å². The van der Waals surface area contributed by atoms with Crippen LogP contribution in [0.4, 0.5) is 11.4 Å². The molecule has 106 valence electrons. The van der Waals surface area contributed by atoms with Crippen molar-refractivity contribution in [3.05, 3.63) is 50.9 Å². The molecule has 0 aliphatic heterocycles. The van der Waals surface area contributed by atoms with E-state index in [0.717, 1.165) is 10.0 Å². The van der Waals surface area contributed by atoms with Crippen molar-refractivity contribution in [3.63, 3.8) is 0 Å². The number of anilines is 2. The first-order chi connectivity index (χ1) is 9.29. The molecular weight excluding hydrogens is 408 g/mol. The maximum absolute atomic E-state index is 12.4. The fourth-order valence-electron chi connectivity index (χ4n) is 1.64. The first-order valence-corrected chi connectivity index (χ1v) is 8.70. The lowest BCUT2D eigenvalue weighted by Crippen LogP contribution is -2.14. The zero-order chi connectivity index (χ0) is 14.9. The van der Waals surface area contributed by atoms with E-state index in [1.54, 1.807) is 30.3 Å². The van der Waals surface area contributed by atoms with Crippen molar-refractivity contribution in [2.24, 2.45) is 0 Å². The Morgan fingerprint density at radius 2 is 1.80 bits per heavy atom. The standard InChI is InChI=1S/C13H12Br2N2O2S/c1-8-2-4-10(16)7-12(8)17-20(18,19)13-5-3-9(14)6-11(13)15/h2-7,17H,16H2,1H3. The number of sulfonamides is 1. The number of nitrogens with one attached hydrogen (secondary N) is 1. The van der Waals surface area contributed by atoms with Gasteiger partial charge in [0, 0.05) is 14.6 Å². The predicted octanol–water partition coefficient (Wildman–Crippen LogP) is 3.90. The molecule has 20 heavy (non-hydrogen) atoms. The summed E-state index contributed by atoms with van der Waals surface area (Å²) in [5, 5.41) is 0. The number of aryl methyl sites for hydroxylation is 1. The molecular formula is C13H12Br2N2O2S. The van der Waals surface area contributed by atoms with E-state index in [4.69, 9.17) is 5.73 Å². The third-order valence-electron chi connectivity index (χ3n) is 2.69. The molecule has 0 heterocycles. The third-order valence-corrected chi connectivity index (χ3v) is 5.52. The highest BCUT2D eigenvalue weighted by Crippen LogP contribution is 2.28. The molecule has 2 rings (SSSR count). The molecule has 0 aliphatic carbocycles. The zero-order valence-corrected chi connectivity index (χ0v) is 14.5. The number of benzene rings is 2. The van der Waals surface area contributed by atoms with Gasteiger partial charge in [0.15, 0.2) is 0 Å². The van der Waals surface area contributed by atoms with Gasteiger partial charge in [0.05, 0.1) is 5.69 Å². The van der Waals surface area contributed by atoms with Crippen LogP contribution in [0.1, 0.15) is 5.56 Å². The van der Waals surface area contributed by atoms with Crippen molar-refractivity contribution in [2.45, 2.75) is 11.8 Å². The summed E-state index contributed by atoms with van der Waals surface area (Å²) in [5.74, 6) is 0. The molecule has 0 amide bonds. The summed E-state index contributed by atoms with van der Waals surface area (Å²) >= 11 is 6.54. The average Bonchev–Trinajstić information content (AvgIpc) is 2.33. The van der Waals surface area contributed by atoms with Crippen LogP contribution in [-0.2, 0) is 10.0 Å². The van der Waals surface area contributed by atoms with Crippen molar-refractivity contribution in [1.82, 2.24) is 0 Å². The summed E-state index contributed by atoms with van der Waals surface area (Å²) in [7, 11) is -3.67. The quantitative estimate of drug-likeness (QED) is 0.741. The molecule has 0 radical (unpaired) electrons. The summed E-state index contributed by atoms with van der Waals surface area (Å²) in [5.41, 5.74) is 7.46. The van der Waals surface area contributed by atoms with Crippen molar-refractivity contribution < 1.29 is 8.42 Å². The van der Waals surface area contributed by atoms with Crippen LogP contribution in [0.2, 0.25) is 0 Å². The molecule has 0 saturated heterocycles. The minimum absolute atomic E-state index is 0.169. The summed E-state index contributed by atoms with van der Waals surface area (Å²) < 4.78 is 28.6. The van der Waals surface area contributed by atoms with Crippen LogP contribution in [0.5, 0.6) is 0 Å². The van der Waals surface area contributed by atoms with Crippen molar-refractivity contribution in [2.75, 3.05) is 10.5 Å². The minimum Gasteiger partial charge on any atom is -0.399 e. The van der Waals surface area contributed by atoms with Crippen molar-refractivity contribution >= 4 is 53.3 Å². The van der Waals surface area contributed by atoms with Gasteiger partial charge >= 0.3 is 0 Å². The Labute approximate surface area is 134 Å². The van der Waals surface area contributed by atoms with Crippen LogP contribution >= 0.6 is 31.9 Å². The molecule has 7 heteroatoms. The van der Waals surface area contributed by atoms with E-state index < -0.39 is 10.0 Å². The van der Waals surface area contributed by atoms with Crippen LogP contribution in [0.15, 0.2) is 50.2 Å². The Bertz CT molecular complexity index is 761. The fraction of sp³-hybridized carbons (Fsp3) is 0.0769. The number of rotatable bonds is 3. The van der Waals surface area contributed by atoms with Gasteiger partial charge in [0.1, 0.15) is 4.90 Å². The van der Waals surface area contributed by atoms with Gasteiger partial charge in [-0.3, -0.25) is 4.72 Å². The Kier molecular flexibility index (Phi) is 4.41. The largest absolute Gasteiger partial charge is 0.399 e. The highest BCUT2D eigenvalue weighted by Gasteiger charge is 2.18. The SMILES string of the molecule is Cc1ccc(N)cc1NS(=O)(=O)c1ccc(Br)cc1Br. The third kappa shape index (κ3) is 3.34. The molecule has 0 atom stereocenters. The topological polar surface area (TPSA) is 72.2 Å². The Hall–Kier alpha value is -1.05. The molecule has 2 aromatic rings. The highest BCUT2D eigenvalue weighted by atomic mass is 79.9. The molecule has 0 bridgehead atoms. The van der Waals surface area contributed by atoms with E-state index in [1.165, 1.54) is 6.07 Å². The lowest BCUT2D eigenvalue weighted by molar-refractivity contribution is 0.600. The molecule has 0 unspecified atom stereocenters. The second-order valence-corrected chi connectivity index (χ2v) is 7.68. The van der Waals surface area contributed by atoms with Gasteiger partial charge in [-0.05, 0) is 58.7 Å². The highest BCUT2D eigenvalue weighted by molar-refractivity contribution is 9.11. The molecule has 0 fully saturated rings. The van der Waals surface area contributed by atoms with Crippen LogP contribution in [0, 0.1) is 6.92 Å². The molecule has 3 N–H and O–H groups in total. The van der Waals surface area contributed by atoms with Gasteiger partial charge in [0.25, 0.3) is 10.0 Å². The van der Waals surface area contributed by atoms with Gasteiger partial charge in [0.2, 0.25) is 0 Å². The average molecular weight is 420 g/mol. The number of nitrogens with two attached hydrogens (primary N) is 1. The van der Waals surface area contributed by atoms with Crippen LogP contribution in [0.25, 0.3) is 0 Å². The van der Waals surface area contributed by atoms with E-state index in [0.29, 0.717) is 15.8 Å². The van der Waals surface area contributed by atoms with Gasteiger partial charge in [-0.25, -0.2) is 8.42 Å². The molecule has 0 aliphatic rings. The van der Waals surface area contributed by atoms with E-state index in [2.05, 4.69) is 36.6 Å². The van der Waals surface area contributed by atoms with Crippen molar-refractivity contribution in [3.8, 4) is 0 Å². The first-order valence-electron chi connectivity index (χ1n) is 5.63. The summed E-state index contributed by atoms with van der Waals surface area (Å²) in [6, 6.07) is 9.97. The zero-order valence-electron chi connectivity index (χ0n) is 10.5. The molecule has 0 aromatic heterocycles. The number of nitrogen functional groups attached to an aromatic ring is 1. The molecule has 2 aromatic carbocycles. The maximum Gasteiger partial charge on any atom is 0.263 e. The predicted molar refractivity (Wildman–Crippen MR) is 88.2 cm³/mol. The van der Waals surface area contributed by atoms with Crippen LogP contribution < -0.4 is 10.5 Å². The lowest BCUT2D eigenvalue weighted by Gasteiger charge is -2.12. The van der Waals surface area contributed by atoms with Gasteiger partial charge in [-0.15, -0.1) is 0 Å². The monoisotopic (exact) mass is 418 g/mol. The molecule has 0 saturated carbocycles. The summed E-state index contributed by atoms with van der Waals surface area (Å²) in [6.45, 7) is 1.81. The molecule has 4 nitrogen and oxygen atoms in total. The van der Waals surface area contributed by atoms with Crippen LogP contribution in [0.3, 0.4) is 0 Å². The normalized spacial score (nSPS) is 11.3. The maximum atomic E-state index is 12.4. The number of halogens is 2. The minimum atomic E-state index is -3.67.